The number of esters is 2. The van der Waals surface area contributed by atoms with Crippen LogP contribution in [-0.4, -0.2) is 64.8 Å². The molecule has 0 bridgehead atoms. The van der Waals surface area contributed by atoms with Crippen LogP contribution in [0.2, 0.25) is 0 Å². The lowest BCUT2D eigenvalue weighted by Gasteiger charge is -2.38. The molecule has 2 aliphatic rings. The van der Waals surface area contributed by atoms with Crippen molar-refractivity contribution in [1.29, 1.82) is 0 Å². The number of nitrogens with zero attached hydrogens (tertiary/aromatic N) is 1. The predicted molar refractivity (Wildman–Crippen MR) is 184 cm³/mol. The zero-order valence-corrected chi connectivity index (χ0v) is 29.0. The molecule has 0 aliphatic carbocycles. The van der Waals surface area contributed by atoms with Crippen molar-refractivity contribution in [1.82, 2.24) is 10.2 Å². The van der Waals surface area contributed by atoms with Gasteiger partial charge in [0.2, 0.25) is 0 Å². The van der Waals surface area contributed by atoms with Gasteiger partial charge in [0.1, 0.15) is 11.6 Å². The molecule has 0 radical (unpaired) electrons. The summed E-state index contributed by atoms with van der Waals surface area (Å²) in [5.74, 6) is -1.05. The van der Waals surface area contributed by atoms with E-state index >= 15 is 0 Å². The Morgan fingerprint density at radius 2 is 1.67 bits per heavy atom. The van der Waals surface area contributed by atoms with Gasteiger partial charge in [-0.05, 0) is 81.0 Å². The minimum absolute atomic E-state index is 0.0274. The van der Waals surface area contributed by atoms with Crippen LogP contribution in [0.15, 0.2) is 72.8 Å². The number of nitrogens with one attached hydrogen (secondary N) is 1. The monoisotopic (exact) mass is 672 g/mol. The van der Waals surface area contributed by atoms with E-state index in [2.05, 4.69) is 10.2 Å². The number of ether oxygens (including phenoxy) is 4. The molecule has 5 rings (SSSR count). The largest absolute Gasteiger partial charge is 0.459 e. The number of rotatable bonds is 11. The van der Waals surface area contributed by atoms with Crippen molar-refractivity contribution in [3.8, 4) is 11.1 Å². The smallest absolute Gasteiger partial charge is 0.323 e. The van der Waals surface area contributed by atoms with Gasteiger partial charge >= 0.3 is 11.9 Å². The van der Waals surface area contributed by atoms with Crippen LogP contribution in [0.5, 0.6) is 0 Å². The molecule has 2 N–H and O–H groups in total. The van der Waals surface area contributed by atoms with Gasteiger partial charge in [-0.15, -0.1) is 0 Å². The summed E-state index contributed by atoms with van der Waals surface area (Å²) in [6.45, 7) is 10.1. The van der Waals surface area contributed by atoms with Gasteiger partial charge in [-0.3, -0.25) is 19.3 Å². The second-order valence-corrected chi connectivity index (χ2v) is 13.8. The van der Waals surface area contributed by atoms with Crippen molar-refractivity contribution in [3.05, 3.63) is 95.1 Å². The normalized spacial score (nSPS) is 21.9. The predicted octanol–water partition coefficient (Wildman–Crippen LogP) is 5.77. The van der Waals surface area contributed by atoms with Crippen LogP contribution >= 0.6 is 0 Å². The Kier molecular flexibility index (Phi) is 11.9. The summed E-state index contributed by atoms with van der Waals surface area (Å²) in [6, 6.07) is 23.4. The number of hydrogen-bond acceptors (Lipinski definition) is 9. The maximum atomic E-state index is 13.1. The molecule has 10 nitrogen and oxygen atoms in total. The quantitative estimate of drug-likeness (QED) is 0.245. The van der Waals surface area contributed by atoms with Crippen LogP contribution < -0.4 is 5.32 Å². The molecule has 262 valence electrons. The highest BCUT2D eigenvalue weighted by Crippen LogP contribution is 2.39. The van der Waals surface area contributed by atoms with Crippen LogP contribution in [0.1, 0.15) is 88.5 Å². The maximum absolute atomic E-state index is 13.1. The molecule has 3 aromatic carbocycles. The molecule has 2 fully saturated rings. The molecule has 5 atom stereocenters. The fourth-order valence-corrected chi connectivity index (χ4v) is 6.30. The lowest BCUT2D eigenvalue weighted by Crippen LogP contribution is -2.45. The highest BCUT2D eigenvalue weighted by atomic mass is 16.7. The first-order chi connectivity index (χ1) is 23.4. The summed E-state index contributed by atoms with van der Waals surface area (Å²) in [5, 5.41) is 12.4. The van der Waals surface area contributed by atoms with Crippen LogP contribution in [0.4, 0.5) is 0 Å². The number of aliphatic hydroxyl groups is 1. The Labute approximate surface area is 288 Å². The zero-order valence-electron chi connectivity index (χ0n) is 29.0. The molecule has 0 spiro atoms. The van der Waals surface area contributed by atoms with Gasteiger partial charge < -0.3 is 29.4 Å². The van der Waals surface area contributed by atoms with Crippen molar-refractivity contribution < 1.29 is 38.4 Å². The van der Waals surface area contributed by atoms with E-state index in [1.54, 1.807) is 6.92 Å². The van der Waals surface area contributed by atoms with E-state index in [-0.39, 0.29) is 36.7 Å². The molecule has 3 aromatic rings. The summed E-state index contributed by atoms with van der Waals surface area (Å²) >= 11 is 0. The summed E-state index contributed by atoms with van der Waals surface area (Å²) in [6.07, 6.45) is 0.375. The van der Waals surface area contributed by atoms with Crippen molar-refractivity contribution in [2.45, 2.75) is 103 Å². The zero-order chi connectivity index (χ0) is 35.1. The van der Waals surface area contributed by atoms with E-state index in [9.17, 15) is 19.5 Å². The first-order valence-electron chi connectivity index (χ1n) is 17.0. The highest BCUT2D eigenvalue weighted by molar-refractivity contribution is 5.83. The van der Waals surface area contributed by atoms with Gasteiger partial charge in [0.05, 0.1) is 18.8 Å². The van der Waals surface area contributed by atoms with Crippen molar-refractivity contribution in [2.75, 3.05) is 13.1 Å². The Morgan fingerprint density at radius 1 is 0.959 bits per heavy atom. The average molecular weight is 673 g/mol. The van der Waals surface area contributed by atoms with Gasteiger partial charge in [-0.2, -0.15) is 0 Å². The second kappa shape index (κ2) is 16.1. The molecular weight excluding hydrogens is 624 g/mol. The molecule has 49 heavy (non-hydrogen) atoms. The molecule has 0 unspecified atom stereocenters. The van der Waals surface area contributed by atoms with E-state index < -0.39 is 24.0 Å². The number of likely N-dealkylation sites (tertiary alicyclic amines) is 1. The minimum atomic E-state index is -0.863. The number of benzene rings is 3. The Bertz CT molecular complexity index is 1580. The molecule has 0 saturated carbocycles. The summed E-state index contributed by atoms with van der Waals surface area (Å²) in [4.78, 5) is 38.7. The highest BCUT2D eigenvalue weighted by Gasteiger charge is 2.39. The van der Waals surface area contributed by atoms with E-state index in [0.29, 0.717) is 19.5 Å². The molecule has 2 aliphatic heterocycles. The SMILES string of the molecule is CC(=O)O[C@@H](C)C(=O)NCc1cccc(-c2ccc([C@@H]3O[C@H](CN4CCC[C@H]4C(=O)OC(C)(C)C)C[C@H](c4ccc(CO)cc4)O3)cc2)c1. The van der Waals surface area contributed by atoms with Crippen molar-refractivity contribution in [2.24, 2.45) is 0 Å². The number of carbonyl (C=O) groups is 3. The van der Waals surface area contributed by atoms with E-state index in [4.69, 9.17) is 18.9 Å². The second-order valence-electron chi connectivity index (χ2n) is 13.8. The Hall–Kier alpha value is -4.09. The van der Waals surface area contributed by atoms with E-state index in [1.807, 2.05) is 93.6 Å². The van der Waals surface area contributed by atoms with Crippen molar-refractivity contribution >= 4 is 17.8 Å². The molecule has 0 aromatic heterocycles. The Morgan fingerprint density at radius 3 is 2.35 bits per heavy atom. The lowest BCUT2D eigenvalue weighted by atomic mass is 9.98. The lowest BCUT2D eigenvalue weighted by molar-refractivity contribution is -0.253. The number of aliphatic hydroxyl groups excluding tert-OH is 1. The van der Waals surface area contributed by atoms with Gasteiger partial charge in [0, 0.05) is 32.0 Å². The van der Waals surface area contributed by atoms with Crippen LogP contribution in [-0.2, 0) is 46.5 Å². The van der Waals surface area contributed by atoms with Crippen LogP contribution in [0.3, 0.4) is 0 Å². The van der Waals surface area contributed by atoms with Gasteiger partial charge in [-0.1, -0.05) is 66.7 Å². The third-order valence-corrected chi connectivity index (χ3v) is 8.72. The topological polar surface area (TPSA) is 124 Å². The summed E-state index contributed by atoms with van der Waals surface area (Å²) < 4.78 is 23.9. The first kappa shape index (κ1) is 36.2. The van der Waals surface area contributed by atoms with Crippen LogP contribution in [0.25, 0.3) is 11.1 Å². The van der Waals surface area contributed by atoms with Crippen LogP contribution in [0, 0.1) is 0 Å². The minimum Gasteiger partial charge on any atom is -0.459 e. The van der Waals surface area contributed by atoms with Gasteiger partial charge in [0.15, 0.2) is 12.4 Å². The molecular formula is C39H48N2O8. The number of carbonyl (C=O) groups excluding carboxylic acids is 3. The van der Waals surface area contributed by atoms with E-state index in [0.717, 1.165) is 52.8 Å². The summed E-state index contributed by atoms with van der Waals surface area (Å²) in [5.41, 5.74) is 5.05. The molecule has 2 saturated heterocycles. The summed E-state index contributed by atoms with van der Waals surface area (Å²) in [7, 11) is 0. The van der Waals surface area contributed by atoms with Gasteiger partial charge in [0.25, 0.3) is 5.91 Å². The average Bonchev–Trinajstić information content (AvgIpc) is 3.54. The fraction of sp³-hybridized carbons (Fsp3) is 0.462. The third kappa shape index (κ3) is 9.98. The van der Waals surface area contributed by atoms with E-state index in [1.165, 1.54) is 6.92 Å². The molecule has 10 heteroatoms. The number of amides is 1. The maximum Gasteiger partial charge on any atom is 0.323 e. The molecule has 1 amide bonds. The molecule has 2 heterocycles. The third-order valence-electron chi connectivity index (χ3n) is 8.72. The Balaban J connectivity index is 1.30. The van der Waals surface area contributed by atoms with Gasteiger partial charge in [-0.25, -0.2) is 0 Å². The fourth-order valence-electron chi connectivity index (χ4n) is 6.30. The number of hydrogen-bond donors (Lipinski definition) is 2. The van der Waals surface area contributed by atoms with Crippen molar-refractivity contribution in [3.63, 3.8) is 0 Å². The first-order valence-corrected chi connectivity index (χ1v) is 17.0. The standard InChI is InChI=1S/C39H48N2O8/c1-25(46-26(2)43)36(44)40-22-28-8-6-9-32(20-28)29-15-17-31(18-16-29)38-47-33(21-35(48-38)30-13-11-27(24-42)12-14-30)23-41-19-7-10-34(41)37(45)49-39(3,4)5/h6,8-9,11-18,20,25,33-35,38,42H,7,10,19,21-24H2,1-5H3,(H,40,44)/t25-,33-,34-,35+,38+/m0/s1.